The summed E-state index contributed by atoms with van der Waals surface area (Å²) in [7, 11) is -3.65. The Kier molecular flexibility index (Phi) is 5.89. The number of nitrogens with zero attached hydrogens (tertiary/aromatic N) is 1. The fourth-order valence-electron chi connectivity index (χ4n) is 3.83. The van der Waals surface area contributed by atoms with Crippen molar-refractivity contribution < 1.29 is 17.9 Å². The predicted octanol–water partition coefficient (Wildman–Crippen LogP) is 3.65. The second kappa shape index (κ2) is 8.06. The van der Waals surface area contributed by atoms with Gasteiger partial charge >= 0.3 is 0 Å². The van der Waals surface area contributed by atoms with E-state index in [1.54, 1.807) is 24.3 Å². The van der Waals surface area contributed by atoms with Crippen LogP contribution >= 0.6 is 0 Å². The number of carbonyl (C=O) groups excluding carboxylic acids is 1. The number of rotatable bonds is 6. The maximum absolute atomic E-state index is 13.3. The molecule has 7 heteroatoms. The van der Waals surface area contributed by atoms with Crippen molar-refractivity contribution in [2.45, 2.75) is 51.3 Å². The highest BCUT2D eigenvalue weighted by atomic mass is 32.2. The van der Waals surface area contributed by atoms with Gasteiger partial charge in [0.15, 0.2) is 0 Å². The van der Waals surface area contributed by atoms with Crippen LogP contribution in [0.1, 0.15) is 45.2 Å². The lowest BCUT2D eigenvalue weighted by Crippen LogP contribution is -2.51. The Morgan fingerprint density at radius 3 is 2.41 bits per heavy atom. The summed E-state index contributed by atoms with van der Waals surface area (Å²) in [4.78, 5) is 13.3. The quantitative estimate of drug-likeness (QED) is 0.780. The van der Waals surface area contributed by atoms with Crippen molar-refractivity contribution in [3.63, 3.8) is 0 Å². The molecule has 3 rings (SSSR count). The maximum atomic E-state index is 13.3. The average Bonchev–Trinajstić information content (AvgIpc) is 2.64. The predicted molar refractivity (Wildman–Crippen MR) is 114 cm³/mol. The lowest BCUT2D eigenvalue weighted by atomic mass is 9.89. The molecule has 2 aromatic rings. The molecule has 0 saturated heterocycles. The van der Waals surface area contributed by atoms with Gasteiger partial charge in [-0.2, -0.15) is 0 Å². The van der Waals surface area contributed by atoms with Crippen LogP contribution in [-0.4, -0.2) is 32.2 Å². The van der Waals surface area contributed by atoms with Crippen molar-refractivity contribution in [3.8, 4) is 5.75 Å². The fraction of sp³-hybridized carbons (Fsp3) is 0.409. The van der Waals surface area contributed by atoms with Crippen LogP contribution in [0.2, 0.25) is 0 Å². The molecule has 6 nitrogen and oxygen atoms in total. The number of hydrogen-bond acceptors (Lipinski definition) is 4. The number of fused-ring (bicyclic) bond motifs is 1. The van der Waals surface area contributed by atoms with E-state index in [0.717, 1.165) is 17.6 Å². The van der Waals surface area contributed by atoms with Gasteiger partial charge in [0.05, 0.1) is 18.0 Å². The van der Waals surface area contributed by atoms with Crippen LogP contribution in [0, 0.1) is 0 Å². The summed E-state index contributed by atoms with van der Waals surface area (Å²) in [6, 6.07) is 15.3. The molecule has 0 radical (unpaired) electrons. The molecule has 0 bridgehead atoms. The third-order valence-electron chi connectivity index (χ3n) is 5.03. The van der Waals surface area contributed by atoms with Gasteiger partial charge in [-0.25, -0.2) is 8.42 Å². The Balaban J connectivity index is 1.92. The van der Waals surface area contributed by atoms with Gasteiger partial charge in [-0.15, -0.1) is 0 Å². The van der Waals surface area contributed by atoms with Crippen LogP contribution in [0.4, 0.5) is 5.69 Å². The van der Waals surface area contributed by atoms with Gasteiger partial charge in [-0.05, 0) is 38.5 Å². The number of hydrogen-bond donors (Lipinski definition) is 1. The van der Waals surface area contributed by atoms with Crippen LogP contribution in [0.5, 0.6) is 5.75 Å². The normalized spacial score (nSPS) is 18.8. The maximum Gasteiger partial charge on any atom is 0.244 e. The van der Waals surface area contributed by atoms with Crippen molar-refractivity contribution in [2.24, 2.45) is 0 Å². The summed E-state index contributed by atoms with van der Waals surface area (Å²) in [6.45, 7) is 5.77. The van der Waals surface area contributed by atoms with E-state index in [-0.39, 0.29) is 11.9 Å². The van der Waals surface area contributed by atoms with Crippen LogP contribution in [0.15, 0.2) is 54.6 Å². The molecule has 0 unspecified atom stereocenters. The highest BCUT2D eigenvalue weighted by Gasteiger charge is 2.37. The number of ether oxygens (including phenoxy) is 1. The zero-order valence-electron chi connectivity index (χ0n) is 17.3. The smallest absolute Gasteiger partial charge is 0.244 e. The molecule has 2 atom stereocenters. The van der Waals surface area contributed by atoms with E-state index in [1.165, 1.54) is 4.31 Å². The van der Waals surface area contributed by atoms with Crippen LogP contribution in [0.25, 0.3) is 0 Å². The molecule has 0 fully saturated rings. The Morgan fingerprint density at radius 1 is 1.17 bits per heavy atom. The number of nitrogens with one attached hydrogen (secondary N) is 1. The summed E-state index contributed by atoms with van der Waals surface area (Å²) in [5.41, 5.74) is 0.939. The van der Waals surface area contributed by atoms with Gasteiger partial charge in [0.25, 0.3) is 0 Å². The first-order chi connectivity index (χ1) is 13.6. The molecule has 1 aliphatic heterocycles. The molecule has 1 aliphatic rings. The Labute approximate surface area is 172 Å². The van der Waals surface area contributed by atoms with Crippen LogP contribution < -0.4 is 14.4 Å². The lowest BCUT2D eigenvalue weighted by molar-refractivity contribution is -0.123. The van der Waals surface area contributed by atoms with E-state index < -0.39 is 21.7 Å². The SMILES string of the molecule is CC[C@@H](C(=O)N[C@@H]1CC(C)(C)Oc2ccccc21)N(c1ccccc1)S(C)(=O)=O. The molecule has 29 heavy (non-hydrogen) atoms. The minimum Gasteiger partial charge on any atom is -0.487 e. The first kappa shape index (κ1) is 21.2. The summed E-state index contributed by atoms with van der Waals surface area (Å²) in [6.07, 6.45) is 2.07. The second-order valence-corrected chi connectivity index (χ2v) is 9.84. The largest absolute Gasteiger partial charge is 0.487 e. The van der Waals surface area contributed by atoms with Gasteiger partial charge < -0.3 is 10.1 Å². The molecule has 0 aromatic heterocycles. The summed E-state index contributed by atoms with van der Waals surface area (Å²) >= 11 is 0. The topological polar surface area (TPSA) is 75.7 Å². The highest BCUT2D eigenvalue weighted by Crippen LogP contribution is 2.39. The van der Waals surface area contributed by atoms with E-state index >= 15 is 0 Å². The molecule has 156 valence electrons. The number of amides is 1. The minimum absolute atomic E-state index is 0.256. The zero-order chi connectivity index (χ0) is 21.2. The Hall–Kier alpha value is -2.54. The molecule has 1 N–H and O–H groups in total. The number of sulfonamides is 1. The molecule has 2 aromatic carbocycles. The summed E-state index contributed by atoms with van der Waals surface area (Å²) in [5.74, 6) is 0.421. The monoisotopic (exact) mass is 416 g/mol. The highest BCUT2D eigenvalue weighted by molar-refractivity contribution is 7.92. The van der Waals surface area contributed by atoms with Gasteiger partial charge in [0.2, 0.25) is 15.9 Å². The zero-order valence-corrected chi connectivity index (χ0v) is 18.1. The Morgan fingerprint density at radius 2 is 1.79 bits per heavy atom. The van der Waals surface area contributed by atoms with Gasteiger partial charge in [0, 0.05) is 12.0 Å². The first-order valence-electron chi connectivity index (χ1n) is 9.75. The molecule has 1 amide bonds. The van der Waals surface area contributed by atoms with Crippen molar-refractivity contribution in [1.29, 1.82) is 0 Å². The van der Waals surface area contributed by atoms with Gasteiger partial charge in [0.1, 0.15) is 17.4 Å². The van der Waals surface area contributed by atoms with Gasteiger partial charge in [-0.3, -0.25) is 9.10 Å². The standard InChI is InChI=1S/C22H28N2O4S/c1-5-19(24(29(4,26)27)16-11-7-6-8-12-16)21(25)23-18-15-22(2,3)28-20-14-10-9-13-17(18)20/h6-14,18-19H,5,15H2,1-4H3,(H,23,25)/t18-,19+/m1/s1. The molecule has 0 aliphatic carbocycles. The molecular formula is C22H28N2O4S. The first-order valence-corrected chi connectivity index (χ1v) is 11.6. The summed E-state index contributed by atoms with van der Waals surface area (Å²) < 4.78 is 32.4. The summed E-state index contributed by atoms with van der Waals surface area (Å²) in [5, 5.41) is 3.08. The van der Waals surface area contributed by atoms with Crippen molar-refractivity contribution >= 4 is 21.6 Å². The van der Waals surface area contributed by atoms with E-state index in [2.05, 4.69) is 5.32 Å². The Bertz CT molecular complexity index is 973. The van der Waals surface area contributed by atoms with Crippen molar-refractivity contribution in [3.05, 3.63) is 60.2 Å². The molecule has 0 saturated carbocycles. The second-order valence-electron chi connectivity index (χ2n) is 7.98. The fourth-order valence-corrected chi connectivity index (χ4v) is 5.05. The van der Waals surface area contributed by atoms with E-state index in [1.807, 2.05) is 51.1 Å². The van der Waals surface area contributed by atoms with Crippen LogP contribution in [-0.2, 0) is 14.8 Å². The van der Waals surface area contributed by atoms with Crippen molar-refractivity contribution in [2.75, 3.05) is 10.6 Å². The average molecular weight is 417 g/mol. The third kappa shape index (κ3) is 4.72. The number of anilines is 1. The minimum atomic E-state index is -3.65. The van der Waals surface area contributed by atoms with E-state index in [9.17, 15) is 13.2 Å². The number of benzene rings is 2. The third-order valence-corrected chi connectivity index (χ3v) is 6.21. The molecular weight excluding hydrogens is 388 g/mol. The number of carbonyl (C=O) groups is 1. The lowest BCUT2D eigenvalue weighted by Gasteiger charge is -2.39. The molecule has 1 heterocycles. The van der Waals surface area contributed by atoms with E-state index in [4.69, 9.17) is 4.74 Å². The number of para-hydroxylation sites is 2. The van der Waals surface area contributed by atoms with Crippen molar-refractivity contribution in [1.82, 2.24) is 5.32 Å². The molecule has 0 spiro atoms. The van der Waals surface area contributed by atoms with Crippen LogP contribution in [0.3, 0.4) is 0 Å². The van der Waals surface area contributed by atoms with Gasteiger partial charge in [-0.1, -0.05) is 43.3 Å². The van der Waals surface area contributed by atoms with E-state index in [0.29, 0.717) is 18.5 Å².